The van der Waals surface area contributed by atoms with Gasteiger partial charge in [0.25, 0.3) is 0 Å². The molecule has 1 heteroatoms. The smallest absolute Gasteiger partial charge is 0.00414 e. The summed E-state index contributed by atoms with van der Waals surface area (Å²) in [5.74, 6) is 1.00. The van der Waals surface area contributed by atoms with Crippen molar-refractivity contribution < 1.29 is 0 Å². The molecular weight excluding hydrogens is 170 g/mol. The fourth-order valence-electron chi connectivity index (χ4n) is 2.09. The molecule has 0 radical (unpaired) electrons. The quantitative estimate of drug-likeness (QED) is 0.558. The Balaban J connectivity index is 1.77. The first kappa shape index (κ1) is 12.0. The first-order chi connectivity index (χ1) is 6.83. The van der Waals surface area contributed by atoms with Crippen molar-refractivity contribution in [3.63, 3.8) is 0 Å². The van der Waals surface area contributed by atoms with Crippen LogP contribution in [0.1, 0.15) is 71.1 Å². The molecular formula is C13H27N. The Bertz CT molecular complexity index is 129. The predicted molar refractivity (Wildman–Crippen MR) is 63.3 cm³/mol. The minimum Gasteiger partial charge on any atom is -0.328 e. The minimum absolute atomic E-state index is 0.508. The predicted octanol–water partition coefficient (Wildman–Crippen LogP) is 3.86. The van der Waals surface area contributed by atoms with Gasteiger partial charge in [-0.2, -0.15) is 0 Å². The number of hydrogen-bond donors (Lipinski definition) is 1. The molecule has 14 heavy (non-hydrogen) atoms. The second-order valence-electron chi connectivity index (χ2n) is 5.00. The highest BCUT2D eigenvalue weighted by Crippen LogP contribution is 2.33. The van der Waals surface area contributed by atoms with Gasteiger partial charge in [-0.15, -0.1) is 0 Å². The Labute approximate surface area is 89.5 Å². The highest BCUT2D eigenvalue weighted by molar-refractivity contribution is 4.78. The second-order valence-corrected chi connectivity index (χ2v) is 5.00. The zero-order valence-electron chi connectivity index (χ0n) is 9.80. The van der Waals surface area contributed by atoms with E-state index in [0.717, 1.165) is 5.92 Å². The van der Waals surface area contributed by atoms with Gasteiger partial charge in [-0.3, -0.25) is 0 Å². The third-order valence-electron chi connectivity index (χ3n) is 3.26. The topological polar surface area (TPSA) is 26.0 Å². The van der Waals surface area contributed by atoms with Crippen LogP contribution in [-0.4, -0.2) is 6.04 Å². The molecule has 1 rings (SSSR count). The Morgan fingerprint density at radius 2 is 1.71 bits per heavy atom. The average molecular weight is 197 g/mol. The maximum absolute atomic E-state index is 6.06. The number of rotatable bonds is 9. The summed E-state index contributed by atoms with van der Waals surface area (Å²) in [6.45, 7) is 2.27. The molecule has 0 aromatic rings. The summed E-state index contributed by atoms with van der Waals surface area (Å²) in [7, 11) is 0. The molecule has 1 aliphatic carbocycles. The van der Waals surface area contributed by atoms with E-state index in [2.05, 4.69) is 6.92 Å². The van der Waals surface area contributed by atoms with Crippen LogP contribution < -0.4 is 5.73 Å². The Kier molecular flexibility index (Phi) is 6.25. The Hall–Kier alpha value is -0.0400. The van der Waals surface area contributed by atoms with E-state index in [1.54, 1.807) is 0 Å². The lowest BCUT2D eigenvalue weighted by Gasteiger charge is -2.10. The molecule has 0 spiro atoms. The molecule has 0 aliphatic heterocycles. The highest BCUT2D eigenvalue weighted by atomic mass is 14.6. The first-order valence-corrected chi connectivity index (χ1v) is 6.58. The molecule has 1 saturated carbocycles. The molecule has 1 atom stereocenters. The van der Waals surface area contributed by atoms with E-state index < -0.39 is 0 Å². The molecule has 0 saturated heterocycles. The lowest BCUT2D eigenvalue weighted by molar-refractivity contribution is 0.492. The molecule has 1 unspecified atom stereocenters. The molecule has 0 heterocycles. The van der Waals surface area contributed by atoms with Gasteiger partial charge in [0.15, 0.2) is 0 Å². The zero-order chi connectivity index (χ0) is 10.2. The van der Waals surface area contributed by atoms with E-state index in [-0.39, 0.29) is 0 Å². The summed E-state index contributed by atoms with van der Waals surface area (Å²) in [6, 6.07) is 0.508. The molecule has 2 N–H and O–H groups in total. The average Bonchev–Trinajstić information content (AvgIpc) is 2.95. The van der Waals surface area contributed by atoms with Gasteiger partial charge in [0.2, 0.25) is 0 Å². The molecule has 1 fully saturated rings. The van der Waals surface area contributed by atoms with Gasteiger partial charge in [-0.25, -0.2) is 0 Å². The van der Waals surface area contributed by atoms with E-state index in [0.29, 0.717) is 6.04 Å². The summed E-state index contributed by atoms with van der Waals surface area (Å²) in [5, 5.41) is 0. The van der Waals surface area contributed by atoms with Crippen LogP contribution in [-0.2, 0) is 0 Å². The fourth-order valence-corrected chi connectivity index (χ4v) is 2.09. The van der Waals surface area contributed by atoms with Crippen LogP contribution in [0.4, 0.5) is 0 Å². The van der Waals surface area contributed by atoms with E-state index >= 15 is 0 Å². The number of hydrogen-bond acceptors (Lipinski definition) is 1. The minimum atomic E-state index is 0.508. The van der Waals surface area contributed by atoms with Crippen LogP contribution in [0.15, 0.2) is 0 Å². The third kappa shape index (κ3) is 6.42. The van der Waals surface area contributed by atoms with E-state index in [4.69, 9.17) is 5.73 Å². The second kappa shape index (κ2) is 7.28. The summed E-state index contributed by atoms with van der Waals surface area (Å²) in [4.78, 5) is 0. The third-order valence-corrected chi connectivity index (χ3v) is 3.26. The van der Waals surface area contributed by atoms with Gasteiger partial charge in [-0.1, -0.05) is 58.3 Å². The molecule has 1 aliphatic rings. The van der Waals surface area contributed by atoms with Crippen molar-refractivity contribution in [2.45, 2.75) is 77.2 Å². The monoisotopic (exact) mass is 197 g/mol. The van der Waals surface area contributed by atoms with Crippen LogP contribution in [0.5, 0.6) is 0 Å². The van der Waals surface area contributed by atoms with Crippen LogP contribution in [0.3, 0.4) is 0 Å². The maximum atomic E-state index is 6.06. The lowest BCUT2D eigenvalue weighted by atomic mass is 10.0. The molecule has 84 valence electrons. The van der Waals surface area contributed by atoms with Gasteiger partial charge in [0, 0.05) is 6.04 Å². The first-order valence-electron chi connectivity index (χ1n) is 6.58. The van der Waals surface area contributed by atoms with Crippen LogP contribution in [0, 0.1) is 5.92 Å². The Morgan fingerprint density at radius 3 is 2.36 bits per heavy atom. The molecule has 0 aromatic carbocycles. The molecule has 0 bridgehead atoms. The van der Waals surface area contributed by atoms with Crippen molar-refractivity contribution in [2.75, 3.05) is 0 Å². The van der Waals surface area contributed by atoms with Gasteiger partial charge >= 0.3 is 0 Å². The van der Waals surface area contributed by atoms with Gasteiger partial charge < -0.3 is 5.73 Å². The highest BCUT2D eigenvalue weighted by Gasteiger charge is 2.23. The van der Waals surface area contributed by atoms with Crippen molar-refractivity contribution >= 4 is 0 Å². The SMILES string of the molecule is CCCCCCCCC(N)CC1CC1. The number of unbranched alkanes of at least 4 members (excludes halogenated alkanes) is 5. The van der Waals surface area contributed by atoms with Gasteiger partial charge in [-0.05, 0) is 18.8 Å². The lowest BCUT2D eigenvalue weighted by Crippen LogP contribution is -2.20. The van der Waals surface area contributed by atoms with Gasteiger partial charge in [0.1, 0.15) is 0 Å². The zero-order valence-corrected chi connectivity index (χ0v) is 9.80. The Morgan fingerprint density at radius 1 is 1.07 bits per heavy atom. The summed E-state index contributed by atoms with van der Waals surface area (Å²) < 4.78 is 0. The van der Waals surface area contributed by atoms with E-state index in [9.17, 15) is 0 Å². The standard InChI is InChI=1S/C13H27N/c1-2-3-4-5-6-7-8-13(14)11-12-9-10-12/h12-13H,2-11,14H2,1H3. The largest absolute Gasteiger partial charge is 0.328 e. The van der Waals surface area contributed by atoms with Crippen LogP contribution in [0.2, 0.25) is 0 Å². The molecule has 1 nitrogen and oxygen atoms in total. The summed E-state index contributed by atoms with van der Waals surface area (Å²) in [5.41, 5.74) is 6.06. The van der Waals surface area contributed by atoms with Gasteiger partial charge in [0.05, 0.1) is 0 Å². The van der Waals surface area contributed by atoms with E-state index in [1.807, 2.05) is 0 Å². The van der Waals surface area contributed by atoms with Crippen molar-refractivity contribution in [2.24, 2.45) is 11.7 Å². The fraction of sp³-hybridized carbons (Fsp3) is 1.00. The normalized spacial score (nSPS) is 18.4. The number of nitrogens with two attached hydrogens (primary N) is 1. The van der Waals surface area contributed by atoms with Crippen molar-refractivity contribution in [1.29, 1.82) is 0 Å². The maximum Gasteiger partial charge on any atom is 0.00414 e. The van der Waals surface area contributed by atoms with Crippen molar-refractivity contribution in [1.82, 2.24) is 0 Å². The van der Waals surface area contributed by atoms with Crippen molar-refractivity contribution in [3.8, 4) is 0 Å². The summed E-state index contributed by atoms with van der Waals surface area (Å²) in [6.07, 6.45) is 13.8. The molecule has 0 amide bonds. The van der Waals surface area contributed by atoms with Crippen LogP contribution >= 0.6 is 0 Å². The molecule has 0 aromatic heterocycles. The summed E-state index contributed by atoms with van der Waals surface area (Å²) >= 11 is 0. The van der Waals surface area contributed by atoms with Crippen molar-refractivity contribution in [3.05, 3.63) is 0 Å². The van der Waals surface area contributed by atoms with Crippen LogP contribution in [0.25, 0.3) is 0 Å². The van der Waals surface area contributed by atoms with E-state index in [1.165, 1.54) is 64.2 Å².